The fraction of sp³-hybridized carbons (Fsp3) is 0.545. The predicted molar refractivity (Wildman–Crippen MR) is 102 cm³/mol. The number of aryl methyl sites for hydroxylation is 3. The van der Waals surface area contributed by atoms with Crippen LogP contribution in [-0.4, -0.2) is 32.3 Å². The molecule has 2 aliphatic rings. The number of ether oxygens (including phenoxy) is 3. The third-order valence-electron chi connectivity index (χ3n) is 5.59. The SMILES string of the molecule is COC(=O)OC1=C(c2c(C)cc(C)cc2C)C(=O)C(CC2CCOCC2)C1. The van der Waals surface area contributed by atoms with E-state index in [1.807, 2.05) is 20.8 Å². The Kier molecular flexibility index (Phi) is 6.00. The highest BCUT2D eigenvalue weighted by molar-refractivity contribution is 6.25. The summed E-state index contributed by atoms with van der Waals surface area (Å²) in [6.45, 7) is 7.55. The smallest absolute Gasteiger partial charge is 0.437 e. The zero-order valence-electron chi connectivity index (χ0n) is 16.6. The van der Waals surface area contributed by atoms with Gasteiger partial charge in [0.1, 0.15) is 5.76 Å². The Hall–Kier alpha value is -2.14. The van der Waals surface area contributed by atoms with Gasteiger partial charge in [0.2, 0.25) is 0 Å². The zero-order chi connectivity index (χ0) is 19.6. The van der Waals surface area contributed by atoms with Gasteiger partial charge in [-0.2, -0.15) is 0 Å². The number of benzene rings is 1. The second kappa shape index (κ2) is 8.26. The molecule has 27 heavy (non-hydrogen) atoms. The average molecular weight is 372 g/mol. The van der Waals surface area contributed by atoms with Crippen LogP contribution in [0.4, 0.5) is 4.79 Å². The first kappa shape index (κ1) is 19.6. The van der Waals surface area contributed by atoms with Crippen LogP contribution in [0.15, 0.2) is 17.9 Å². The molecule has 1 atom stereocenters. The van der Waals surface area contributed by atoms with Crippen LogP contribution in [0.1, 0.15) is 47.9 Å². The van der Waals surface area contributed by atoms with Crippen molar-refractivity contribution in [1.29, 1.82) is 0 Å². The van der Waals surface area contributed by atoms with Gasteiger partial charge in [-0.3, -0.25) is 4.79 Å². The summed E-state index contributed by atoms with van der Waals surface area (Å²) in [7, 11) is 1.28. The number of carbonyl (C=O) groups is 2. The average Bonchev–Trinajstić information content (AvgIpc) is 2.91. The molecule has 0 spiro atoms. The standard InChI is InChI=1S/C22H28O5/c1-13-9-14(2)19(15(3)10-13)20-18(27-22(24)25-4)12-17(21(20)23)11-16-5-7-26-8-6-16/h9-10,16-17H,5-8,11-12H2,1-4H3. The fourth-order valence-corrected chi connectivity index (χ4v) is 4.41. The van der Waals surface area contributed by atoms with Gasteiger partial charge in [-0.05, 0) is 62.6 Å². The van der Waals surface area contributed by atoms with Crippen LogP contribution in [0.5, 0.6) is 0 Å². The zero-order valence-corrected chi connectivity index (χ0v) is 16.6. The van der Waals surface area contributed by atoms with Crippen LogP contribution in [0, 0.1) is 32.6 Å². The highest BCUT2D eigenvalue weighted by atomic mass is 16.7. The lowest BCUT2D eigenvalue weighted by atomic mass is 9.85. The summed E-state index contributed by atoms with van der Waals surface area (Å²) < 4.78 is 15.5. The molecule has 0 radical (unpaired) electrons. The molecular weight excluding hydrogens is 344 g/mol. The third-order valence-corrected chi connectivity index (χ3v) is 5.59. The van der Waals surface area contributed by atoms with Gasteiger partial charge in [0.25, 0.3) is 0 Å². The van der Waals surface area contributed by atoms with E-state index in [-0.39, 0.29) is 11.7 Å². The molecule has 5 heteroatoms. The number of hydrogen-bond donors (Lipinski definition) is 0. The summed E-state index contributed by atoms with van der Waals surface area (Å²) in [5.41, 5.74) is 4.63. The Balaban J connectivity index is 1.94. The molecule has 146 valence electrons. The van der Waals surface area contributed by atoms with Crippen LogP contribution in [0.2, 0.25) is 0 Å². The van der Waals surface area contributed by atoms with E-state index in [1.54, 1.807) is 0 Å². The predicted octanol–water partition coefficient (Wildman–Crippen LogP) is 4.51. The number of allylic oxidation sites excluding steroid dienone is 2. The van der Waals surface area contributed by atoms with Crippen LogP contribution >= 0.6 is 0 Å². The fourth-order valence-electron chi connectivity index (χ4n) is 4.41. The number of rotatable bonds is 4. The van der Waals surface area contributed by atoms with Crippen LogP contribution < -0.4 is 0 Å². The topological polar surface area (TPSA) is 61.8 Å². The highest BCUT2D eigenvalue weighted by Crippen LogP contribution is 2.42. The molecule has 0 amide bonds. The Labute approximate surface area is 160 Å². The van der Waals surface area contributed by atoms with E-state index in [2.05, 4.69) is 16.9 Å². The van der Waals surface area contributed by atoms with Crippen LogP contribution in [0.25, 0.3) is 5.57 Å². The van der Waals surface area contributed by atoms with Crippen molar-refractivity contribution in [1.82, 2.24) is 0 Å². The molecule has 5 nitrogen and oxygen atoms in total. The first-order valence-corrected chi connectivity index (χ1v) is 9.59. The van der Waals surface area contributed by atoms with Crippen molar-refractivity contribution in [2.75, 3.05) is 20.3 Å². The summed E-state index contributed by atoms with van der Waals surface area (Å²) in [5, 5.41) is 0. The lowest BCUT2D eigenvalue weighted by molar-refractivity contribution is -0.117. The minimum Gasteiger partial charge on any atom is -0.437 e. The number of Topliss-reactive ketones (excluding diaryl/α,β-unsaturated/α-hetero) is 1. The Morgan fingerprint density at radius 1 is 1.15 bits per heavy atom. The largest absolute Gasteiger partial charge is 0.513 e. The quantitative estimate of drug-likeness (QED) is 0.728. The second-order valence-corrected chi connectivity index (χ2v) is 7.68. The van der Waals surface area contributed by atoms with E-state index < -0.39 is 6.16 Å². The summed E-state index contributed by atoms with van der Waals surface area (Å²) in [6.07, 6.45) is 2.45. The first-order chi connectivity index (χ1) is 12.9. The summed E-state index contributed by atoms with van der Waals surface area (Å²) in [5.74, 6) is 0.851. The summed E-state index contributed by atoms with van der Waals surface area (Å²) >= 11 is 0. The van der Waals surface area contributed by atoms with Crippen molar-refractivity contribution >= 4 is 17.5 Å². The molecule has 0 saturated carbocycles. The van der Waals surface area contributed by atoms with Gasteiger partial charge in [0, 0.05) is 25.6 Å². The van der Waals surface area contributed by atoms with Crippen molar-refractivity contribution in [3.8, 4) is 0 Å². The molecule has 0 aromatic heterocycles. The maximum absolute atomic E-state index is 13.3. The van der Waals surface area contributed by atoms with Gasteiger partial charge < -0.3 is 14.2 Å². The molecule has 1 unspecified atom stereocenters. The van der Waals surface area contributed by atoms with Gasteiger partial charge in [-0.15, -0.1) is 0 Å². The highest BCUT2D eigenvalue weighted by Gasteiger charge is 2.38. The van der Waals surface area contributed by atoms with Crippen molar-refractivity contribution in [2.45, 2.75) is 46.5 Å². The molecule has 1 aromatic carbocycles. The number of carbonyl (C=O) groups excluding carboxylic acids is 2. The molecular formula is C22H28O5. The summed E-state index contributed by atoms with van der Waals surface area (Å²) in [4.78, 5) is 25.1. The lowest BCUT2D eigenvalue weighted by Gasteiger charge is -2.24. The number of methoxy groups -OCH3 is 1. The lowest BCUT2D eigenvalue weighted by Crippen LogP contribution is -2.21. The van der Waals surface area contributed by atoms with Crippen molar-refractivity contribution in [3.63, 3.8) is 0 Å². The maximum atomic E-state index is 13.3. The minimum atomic E-state index is -0.774. The molecule has 1 saturated heterocycles. The number of ketones is 1. The second-order valence-electron chi connectivity index (χ2n) is 7.68. The number of hydrogen-bond acceptors (Lipinski definition) is 5. The van der Waals surface area contributed by atoms with Gasteiger partial charge in [0.15, 0.2) is 5.78 Å². The Morgan fingerprint density at radius 3 is 2.37 bits per heavy atom. The minimum absolute atomic E-state index is 0.0791. The van der Waals surface area contributed by atoms with Gasteiger partial charge in [-0.1, -0.05) is 17.7 Å². The van der Waals surface area contributed by atoms with Crippen LogP contribution in [0.3, 0.4) is 0 Å². The third kappa shape index (κ3) is 4.24. The van der Waals surface area contributed by atoms with Crippen molar-refractivity contribution in [3.05, 3.63) is 40.1 Å². The molecule has 1 aromatic rings. The van der Waals surface area contributed by atoms with E-state index in [0.717, 1.165) is 54.7 Å². The Morgan fingerprint density at radius 2 is 1.78 bits per heavy atom. The van der Waals surface area contributed by atoms with Gasteiger partial charge in [0.05, 0.1) is 12.7 Å². The van der Waals surface area contributed by atoms with Crippen molar-refractivity contribution < 1.29 is 23.8 Å². The molecule has 0 N–H and O–H groups in total. The normalized spacial score (nSPS) is 20.9. The van der Waals surface area contributed by atoms with Crippen LogP contribution in [-0.2, 0) is 19.0 Å². The Bertz CT molecular complexity index is 748. The molecule has 1 aliphatic heterocycles. The van der Waals surface area contributed by atoms with E-state index in [0.29, 0.717) is 23.7 Å². The van der Waals surface area contributed by atoms with Crippen molar-refractivity contribution in [2.24, 2.45) is 11.8 Å². The molecule has 1 heterocycles. The maximum Gasteiger partial charge on any atom is 0.513 e. The first-order valence-electron chi connectivity index (χ1n) is 9.59. The van der Waals surface area contributed by atoms with Gasteiger partial charge >= 0.3 is 6.16 Å². The van der Waals surface area contributed by atoms with Gasteiger partial charge in [-0.25, -0.2) is 4.79 Å². The monoisotopic (exact) mass is 372 g/mol. The van der Waals surface area contributed by atoms with E-state index in [9.17, 15) is 9.59 Å². The molecule has 0 bridgehead atoms. The van der Waals surface area contributed by atoms with E-state index in [4.69, 9.17) is 9.47 Å². The summed E-state index contributed by atoms with van der Waals surface area (Å²) in [6, 6.07) is 4.12. The molecule has 1 fully saturated rings. The molecule has 1 aliphatic carbocycles. The van der Waals surface area contributed by atoms with E-state index in [1.165, 1.54) is 7.11 Å². The van der Waals surface area contributed by atoms with E-state index >= 15 is 0 Å². The molecule has 3 rings (SSSR count).